The van der Waals surface area contributed by atoms with E-state index in [9.17, 15) is 4.79 Å². The van der Waals surface area contributed by atoms with Crippen LogP contribution in [0.1, 0.15) is 48.7 Å². The van der Waals surface area contributed by atoms with Crippen molar-refractivity contribution in [2.75, 3.05) is 7.11 Å². The van der Waals surface area contributed by atoms with E-state index in [0.29, 0.717) is 23.7 Å². The number of H-pyrrole nitrogens is 1. The molecule has 0 unspecified atom stereocenters. The third-order valence-electron chi connectivity index (χ3n) is 4.68. The van der Waals surface area contributed by atoms with Gasteiger partial charge in [-0.15, -0.1) is 0 Å². The number of methoxy groups -OCH3 is 1. The first kappa shape index (κ1) is 14.9. The number of benzene rings is 1. The van der Waals surface area contributed by atoms with Gasteiger partial charge in [0, 0.05) is 12.3 Å². The molecule has 1 aliphatic carbocycles. The molecule has 0 amide bonds. The maximum atomic E-state index is 12.3. The highest BCUT2D eigenvalue weighted by Gasteiger charge is 2.25. The number of fused-ring (bicyclic) bond motifs is 1. The maximum absolute atomic E-state index is 12.3. The molecular weight excluding hydrogens is 306 g/mol. The highest BCUT2D eigenvalue weighted by Crippen LogP contribution is 2.35. The second-order valence-corrected chi connectivity index (χ2v) is 6.26. The monoisotopic (exact) mass is 325 g/mol. The predicted molar refractivity (Wildman–Crippen MR) is 89.4 cm³/mol. The van der Waals surface area contributed by atoms with E-state index in [4.69, 9.17) is 9.26 Å². The van der Waals surface area contributed by atoms with Gasteiger partial charge in [-0.2, -0.15) is 0 Å². The molecule has 6 nitrogen and oxygen atoms in total. The molecule has 4 rings (SSSR count). The van der Waals surface area contributed by atoms with Crippen molar-refractivity contribution in [3.05, 3.63) is 51.7 Å². The summed E-state index contributed by atoms with van der Waals surface area (Å²) in [4.78, 5) is 19.7. The van der Waals surface area contributed by atoms with E-state index in [0.717, 1.165) is 29.8 Å². The molecule has 0 aliphatic heterocycles. The van der Waals surface area contributed by atoms with Crippen LogP contribution in [-0.2, 0) is 6.42 Å². The van der Waals surface area contributed by atoms with Crippen LogP contribution in [0.5, 0.6) is 5.75 Å². The predicted octanol–water partition coefficient (Wildman–Crippen LogP) is 3.17. The van der Waals surface area contributed by atoms with Gasteiger partial charge < -0.3 is 14.2 Å². The van der Waals surface area contributed by atoms with Gasteiger partial charge in [0.15, 0.2) is 0 Å². The number of hydrogen-bond acceptors (Lipinski definition) is 5. The summed E-state index contributed by atoms with van der Waals surface area (Å²) in [6, 6.07) is 7.73. The van der Waals surface area contributed by atoms with Crippen molar-refractivity contribution in [2.45, 2.75) is 38.0 Å². The first-order valence-electron chi connectivity index (χ1n) is 8.26. The highest BCUT2D eigenvalue weighted by molar-refractivity contribution is 5.74. The van der Waals surface area contributed by atoms with E-state index in [1.54, 1.807) is 7.11 Å². The number of hydrogen-bond donors (Lipinski definition) is 1. The van der Waals surface area contributed by atoms with Gasteiger partial charge in [-0.25, -0.2) is 4.98 Å². The van der Waals surface area contributed by atoms with Crippen molar-refractivity contribution in [2.24, 2.45) is 0 Å². The quantitative estimate of drug-likeness (QED) is 0.797. The Balaban J connectivity index is 1.70. The molecule has 0 spiro atoms. The Kier molecular flexibility index (Phi) is 3.80. The fourth-order valence-corrected chi connectivity index (χ4v) is 3.39. The normalized spacial score (nSPS) is 15.2. The first-order chi connectivity index (χ1) is 11.7. The Labute approximate surface area is 138 Å². The van der Waals surface area contributed by atoms with E-state index < -0.39 is 0 Å². The first-order valence-corrected chi connectivity index (χ1v) is 8.26. The minimum atomic E-state index is -0.264. The molecule has 1 aliphatic rings. The number of nitrogens with one attached hydrogen (secondary N) is 1. The van der Waals surface area contributed by atoms with Gasteiger partial charge in [-0.05, 0) is 30.5 Å². The van der Waals surface area contributed by atoms with Crippen molar-refractivity contribution in [1.82, 2.24) is 15.1 Å². The summed E-state index contributed by atoms with van der Waals surface area (Å²) in [6.07, 6.45) is 5.11. The van der Waals surface area contributed by atoms with Crippen LogP contribution in [-0.4, -0.2) is 22.2 Å². The molecule has 1 saturated carbocycles. The lowest BCUT2D eigenvalue weighted by Gasteiger charge is -2.05. The zero-order valence-electron chi connectivity index (χ0n) is 13.5. The highest BCUT2D eigenvalue weighted by atomic mass is 16.5. The number of nitrogens with zero attached hydrogens (tertiary/aromatic N) is 2. The second-order valence-electron chi connectivity index (χ2n) is 6.26. The summed E-state index contributed by atoms with van der Waals surface area (Å²) in [5, 5.41) is 4.13. The molecular formula is C18H19N3O3. The van der Waals surface area contributed by atoms with E-state index in [-0.39, 0.29) is 11.1 Å². The van der Waals surface area contributed by atoms with Crippen LogP contribution in [0.3, 0.4) is 0 Å². The zero-order chi connectivity index (χ0) is 16.5. The van der Waals surface area contributed by atoms with Crippen LogP contribution in [0.2, 0.25) is 0 Å². The Morgan fingerprint density at radius 1 is 1.25 bits per heavy atom. The molecule has 1 fully saturated rings. The maximum Gasteiger partial charge on any atom is 0.297 e. The summed E-state index contributed by atoms with van der Waals surface area (Å²) in [5.74, 6) is 1.78. The molecule has 0 bridgehead atoms. The Morgan fingerprint density at radius 3 is 2.71 bits per heavy atom. The van der Waals surface area contributed by atoms with Crippen LogP contribution >= 0.6 is 0 Å². The van der Waals surface area contributed by atoms with Crippen molar-refractivity contribution in [3.8, 4) is 5.75 Å². The summed E-state index contributed by atoms with van der Waals surface area (Å²) in [6.45, 7) is 0. The molecule has 0 radical (unpaired) electrons. The van der Waals surface area contributed by atoms with Crippen molar-refractivity contribution >= 4 is 11.1 Å². The molecule has 1 aromatic carbocycles. The van der Waals surface area contributed by atoms with Crippen molar-refractivity contribution in [3.63, 3.8) is 0 Å². The molecule has 124 valence electrons. The Bertz CT molecular complexity index is 905. The molecule has 0 atom stereocenters. The fraction of sp³-hybridized carbons (Fsp3) is 0.389. The van der Waals surface area contributed by atoms with Gasteiger partial charge in [0.25, 0.3) is 5.56 Å². The topological polar surface area (TPSA) is 81.0 Å². The number of aromatic nitrogens is 3. The van der Waals surface area contributed by atoms with Gasteiger partial charge in [-0.3, -0.25) is 4.79 Å². The minimum absolute atomic E-state index is 0.232. The average Bonchev–Trinajstić information content (AvgIpc) is 3.24. The van der Waals surface area contributed by atoms with Crippen LogP contribution in [0, 0.1) is 0 Å². The molecule has 3 aromatic rings. The second kappa shape index (κ2) is 6.11. The van der Waals surface area contributed by atoms with E-state index in [1.165, 1.54) is 12.8 Å². The smallest absolute Gasteiger partial charge is 0.297 e. The largest absolute Gasteiger partial charge is 0.497 e. The third kappa shape index (κ3) is 2.68. The zero-order valence-corrected chi connectivity index (χ0v) is 13.5. The number of rotatable bonds is 4. The fourth-order valence-electron chi connectivity index (χ4n) is 3.39. The van der Waals surface area contributed by atoms with E-state index in [1.807, 2.05) is 24.3 Å². The molecule has 2 heterocycles. The van der Waals surface area contributed by atoms with Crippen molar-refractivity contribution in [1.29, 1.82) is 0 Å². The summed E-state index contributed by atoms with van der Waals surface area (Å²) in [5.41, 5.74) is 2.48. The summed E-state index contributed by atoms with van der Waals surface area (Å²) in [7, 11) is 1.64. The number of ether oxygens (including phenoxy) is 1. The summed E-state index contributed by atoms with van der Waals surface area (Å²) >= 11 is 0. The SMILES string of the molecule is COc1ccc(Cc2nc3c(C4CCCC4)noc3c(=O)[nH]2)cc1. The summed E-state index contributed by atoms with van der Waals surface area (Å²) < 4.78 is 10.4. The van der Waals surface area contributed by atoms with Gasteiger partial charge >= 0.3 is 0 Å². The molecule has 0 saturated heterocycles. The minimum Gasteiger partial charge on any atom is -0.497 e. The average molecular weight is 325 g/mol. The van der Waals surface area contributed by atoms with Crippen LogP contribution in [0.15, 0.2) is 33.6 Å². The van der Waals surface area contributed by atoms with E-state index in [2.05, 4.69) is 15.1 Å². The standard InChI is InChI=1S/C18H19N3O3/c1-23-13-8-6-11(7-9-13)10-14-19-16-15(12-4-2-3-5-12)21-24-17(16)18(22)20-14/h6-9,12H,2-5,10H2,1H3,(H,19,20,22). The Morgan fingerprint density at radius 2 is 2.00 bits per heavy atom. The molecule has 1 N–H and O–H groups in total. The number of aromatic amines is 1. The lowest BCUT2D eigenvalue weighted by atomic mass is 10.0. The van der Waals surface area contributed by atoms with E-state index >= 15 is 0 Å². The molecule has 24 heavy (non-hydrogen) atoms. The molecule has 2 aromatic heterocycles. The lowest BCUT2D eigenvalue weighted by Crippen LogP contribution is -2.12. The molecule has 6 heteroatoms. The third-order valence-corrected chi connectivity index (χ3v) is 4.68. The lowest BCUT2D eigenvalue weighted by molar-refractivity contribution is 0.414. The van der Waals surface area contributed by atoms with Gasteiger partial charge in [0.2, 0.25) is 5.58 Å². The van der Waals surface area contributed by atoms with Crippen LogP contribution < -0.4 is 10.3 Å². The van der Waals surface area contributed by atoms with Crippen LogP contribution in [0.25, 0.3) is 11.1 Å². The van der Waals surface area contributed by atoms with Gasteiger partial charge in [0.1, 0.15) is 22.8 Å². The van der Waals surface area contributed by atoms with Gasteiger partial charge in [0.05, 0.1) is 7.11 Å². The van der Waals surface area contributed by atoms with Gasteiger partial charge in [-0.1, -0.05) is 30.1 Å². The Hall–Kier alpha value is -2.63. The van der Waals surface area contributed by atoms with Crippen LogP contribution in [0.4, 0.5) is 0 Å². The van der Waals surface area contributed by atoms with Crippen molar-refractivity contribution < 1.29 is 9.26 Å².